The van der Waals surface area contributed by atoms with Crippen LogP contribution in [0.2, 0.25) is 0 Å². The number of carboxylic acids is 1. The summed E-state index contributed by atoms with van der Waals surface area (Å²) >= 11 is 0. The highest BCUT2D eigenvalue weighted by Gasteiger charge is 2.41. The lowest BCUT2D eigenvalue weighted by atomic mass is 9.90. The van der Waals surface area contributed by atoms with Gasteiger partial charge < -0.3 is 20.9 Å². The van der Waals surface area contributed by atoms with Gasteiger partial charge in [0.15, 0.2) is 5.54 Å². The molecule has 0 bridgehead atoms. The van der Waals surface area contributed by atoms with E-state index in [-0.39, 0.29) is 6.54 Å². The van der Waals surface area contributed by atoms with Crippen LogP contribution in [0.4, 0.5) is 4.79 Å². The normalized spacial score (nSPS) is 14.2. The van der Waals surface area contributed by atoms with Crippen molar-refractivity contribution in [3.63, 3.8) is 0 Å². The maximum absolute atomic E-state index is 11.9. The highest BCUT2D eigenvalue weighted by Crippen LogP contribution is 2.21. The molecule has 0 heterocycles. The first kappa shape index (κ1) is 16.0. The maximum atomic E-state index is 11.9. The summed E-state index contributed by atoms with van der Waals surface area (Å²) in [6, 6.07) is 8.30. The van der Waals surface area contributed by atoms with Gasteiger partial charge in [-0.15, -0.1) is 0 Å². The monoisotopic (exact) mass is 280 g/mol. The fourth-order valence-electron chi connectivity index (χ4n) is 1.71. The van der Waals surface area contributed by atoms with Gasteiger partial charge in [-0.25, -0.2) is 9.59 Å². The van der Waals surface area contributed by atoms with Crippen LogP contribution in [0.5, 0.6) is 0 Å². The molecular formula is C14H20N2O4. The van der Waals surface area contributed by atoms with Crippen molar-refractivity contribution in [2.24, 2.45) is 5.73 Å². The molecule has 20 heavy (non-hydrogen) atoms. The molecule has 1 atom stereocenters. The molecule has 110 valence electrons. The van der Waals surface area contributed by atoms with Crippen molar-refractivity contribution in [1.82, 2.24) is 5.32 Å². The van der Waals surface area contributed by atoms with Crippen LogP contribution < -0.4 is 11.1 Å². The first-order valence-electron chi connectivity index (χ1n) is 6.21. The van der Waals surface area contributed by atoms with Gasteiger partial charge in [-0.05, 0) is 26.3 Å². The van der Waals surface area contributed by atoms with Gasteiger partial charge in [0.25, 0.3) is 0 Å². The molecule has 0 aromatic heterocycles. The number of alkyl carbamates (subject to hydrolysis) is 1. The van der Waals surface area contributed by atoms with Crippen LogP contribution in [-0.4, -0.2) is 29.3 Å². The van der Waals surface area contributed by atoms with Gasteiger partial charge in [0, 0.05) is 6.54 Å². The summed E-state index contributed by atoms with van der Waals surface area (Å²) in [7, 11) is 0. The second-order valence-corrected chi connectivity index (χ2v) is 5.41. The predicted octanol–water partition coefficient (Wildman–Crippen LogP) is 1.45. The zero-order valence-electron chi connectivity index (χ0n) is 11.8. The molecule has 0 aliphatic carbocycles. The van der Waals surface area contributed by atoms with Gasteiger partial charge in [0.1, 0.15) is 5.60 Å². The third kappa shape index (κ3) is 3.71. The van der Waals surface area contributed by atoms with Crippen LogP contribution in [0.25, 0.3) is 0 Å². The van der Waals surface area contributed by atoms with E-state index < -0.39 is 23.2 Å². The second-order valence-electron chi connectivity index (χ2n) is 5.41. The molecule has 4 N–H and O–H groups in total. The molecule has 1 aromatic carbocycles. The van der Waals surface area contributed by atoms with Crippen LogP contribution in [0.15, 0.2) is 30.3 Å². The lowest BCUT2D eigenvalue weighted by Gasteiger charge is -2.31. The zero-order chi connectivity index (χ0) is 15.4. The molecular weight excluding hydrogens is 260 g/mol. The Balaban J connectivity index is 3.08. The third-order valence-electron chi connectivity index (χ3n) is 2.65. The van der Waals surface area contributed by atoms with Crippen molar-refractivity contribution in [2.75, 3.05) is 6.54 Å². The zero-order valence-corrected chi connectivity index (χ0v) is 11.8. The summed E-state index contributed by atoms with van der Waals surface area (Å²) in [6.07, 6.45) is -0.825. The van der Waals surface area contributed by atoms with E-state index in [1.165, 1.54) is 0 Å². The summed E-state index contributed by atoms with van der Waals surface area (Å²) in [5, 5.41) is 11.8. The first-order chi connectivity index (χ1) is 9.21. The highest BCUT2D eigenvalue weighted by atomic mass is 16.6. The van der Waals surface area contributed by atoms with Crippen molar-refractivity contribution in [2.45, 2.75) is 31.9 Å². The minimum Gasteiger partial charge on any atom is -0.479 e. The van der Waals surface area contributed by atoms with E-state index in [1.54, 1.807) is 51.1 Å². The summed E-state index contributed by atoms with van der Waals surface area (Å²) in [6.45, 7) is 4.80. The molecule has 0 spiro atoms. The Kier molecular flexibility index (Phi) is 4.73. The van der Waals surface area contributed by atoms with Gasteiger partial charge in [-0.3, -0.25) is 0 Å². The van der Waals surface area contributed by atoms with Gasteiger partial charge in [-0.1, -0.05) is 30.3 Å². The average molecular weight is 280 g/mol. The van der Waals surface area contributed by atoms with E-state index in [4.69, 9.17) is 10.5 Å². The molecule has 0 aliphatic rings. The number of nitrogens with two attached hydrogens (primary N) is 1. The van der Waals surface area contributed by atoms with Gasteiger partial charge >= 0.3 is 12.1 Å². The van der Waals surface area contributed by atoms with Crippen molar-refractivity contribution in [3.8, 4) is 0 Å². The number of aliphatic carboxylic acids is 1. The van der Waals surface area contributed by atoms with Crippen molar-refractivity contribution in [1.29, 1.82) is 0 Å². The lowest BCUT2D eigenvalue weighted by molar-refractivity contribution is -0.145. The molecule has 0 fully saturated rings. The number of carbonyl (C=O) groups excluding carboxylic acids is 1. The highest BCUT2D eigenvalue weighted by molar-refractivity contribution is 5.86. The Bertz CT molecular complexity index is 482. The minimum absolute atomic E-state index is 0.286. The largest absolute Gasteiger partial charge is 0.479 e. The smallest absolute Gasteiger partial charge is 0.408 e. The molecule has 1 amide bonds. The van der Waals surface area contributed by atoms with Crippen molar-refractivity contribution >= 4 is 12.1 Å². The molecule has 0 aliphatic heterocycles. The molecule has 0 saturated carbocycles. The molecule has 1 rings (SSSR count). The Morgan fingerprint density at radius 2 is 1.80 bits per heavy atom. The van der Waals surface area contributed by atoms with E-state index in [1.807, 2.05) is 0 Å². The molecule has 6 nitrogen and oxygen atoms in total. The maximum Gasteiger partial charge on any atom is 0.408 e. The molecule has 0 radical (unpaired) electrons. The Morgan fingerprint density at radius 3 is 2.20 bits per heavy atom. The number of hydrogen-bond acceptors (Lipinski definition) is 4. The van der Waals surface area contributed by atoms with E-state index in [9.17, 15) is 14.7 Å². The van der Waals surface area contributed by atoms with E-state index in [0.717, 1.165) is 0 Å². The van der Waals surface area contributed by atoms with Crippen LogP contribution in [0.3, 0.4) is 0 Å². The number of rotatable bonds is 4. The van der Waals surface area contributed by atoms with E-state index in [0.29, 0.717) is 5.56 Å². The topological polar surface area (TPSA) is 102 Å². The quantitative estimate of drug-likeness (QED) is 0.774. The minimum atomic E-state index is -1.70. The summed E-state index contributed by atoms with van der Waals surface area (Å²) < 4.78 is 5.10. The predicted molar refractivity (Wildman–Crippen MR) is 74.2 cm³/mol. The van der Waals surface area contributed by atoms with Crippen LogP contribution in [0, 0.1) is 0 Å². The molecule has 1 aromatic rings. The standard InChI is InChI=1S/C14H20N2O4/c1-13(2,3)20-12(19)16-14(9-15,11(17)18)10-7-5-4-6-8-10/h4-8H,9,15H2,1-3H3,(H,16,19)(H,17,18). The number of amides is 1. The van der Waals surface area contributed by atoms with E-state index in [2.05, 4.69) is 5.32 Å². The SMILES string of the molecule is CC(C)(C)OC(=O)NC(CN)(C(=O)O)c1ccccc1. The first-order valence-corrected chi connectivity index (χ1v) is 6.21. The second kappa shape index (κ2) is 5.92. The molecule has 1 unspecified atom stereocenters. The Hall–Kier alpha value is -2.08. The average Bonchev–Trinajstić information content (AvgIpc) is 2.34. The number of hydrogen-bond donors (Lipinski definition) is 3. The fraction of sp³-hybridized carbons (Fsp3) is 0.429. The lowest BCUT2D eigenvalue weighted by Crippen LogP contribution is -2.57. The third-order valence-corrected chi connectivity index (χ3v) is 2.65. The van der Waals surface area contributed by atoms with Crippen molar-refractivity contribution in [3.05, 3.63) is 35.9 Å². The number of benzene rings is 1. The van der Waals surface area contributed by atoms with Gasteiger partial charge in [0.05, 0.1) is 0 Å². The Morgan fingerprint density at radius 1 is 1.25 bits per heavy atom. The van der Waals surface area contributed by atoms with Gasteiger partial charge in [0.2, 0.25) is 0 Å². The van der Waals surface area contributed by atoms with Crippen LogP contribution in [0.1, 0.15) is 26.3 Å². The van der Waals surface area contributed by atoms with E-state index >= 15 is 0 Å². The van der Waals surface area contributed by atoms with Crippen LogP contribution >= 0.6 is 0 Å². The van der Waals surface area contributed by atoms with Gasteiger partial charge in [-0.2, -0.15) is 0 Å². The number of ether oxygens (including phenoxy) is 1. The summed E-state index contributed by atoms with van der Waals surface area (Å²) in [4.78, 5) is 23.5. The summed E-state index contributed by atoms with van der Waals surface area (Å²) in [5.74, 6) is -1.24. The number of carbonyl (C=O) groups is 2. The Labute approximate surface area is 117 Å². The van der Waals surface area contributed by atoms with Crippen molar-refractivity contribution < 1.29 is 19.4 Å². The number of carboxylic acid groups (broad SMARTS) is 1. The van der Waals surface area contributed by atoms with Crippen LogP contribution in [-0.2, 0) is 15.1 Å². The fourth-order valence-corrected chi connectivity index (χ4v) is 1.71. The molecule has 6 heteroatoms. The summed E-state index contributed by atoms with van der Waals surface area (Å²) in [5.41, 5.74) is 3.56. The number of nitrogens with one attached hydrogen (secondary N) is 1. The molecule has 0 saturated heterocycles.